The number of hydrogen-bond acceptors (Lipinski definition) is 3. The van der Waals surface area contributed by atoms with E-state index in [1.165, 1.54) is 0 Å². The Bertz CT molecular complexity index is 294. The first kappa shape index (κ1) is 13.0. The molecule has 1 fully saturated rings. The smallest absolute Gasteiger partial charge is 0.428 e. The summed E-state index contributed by atoms with van der Waals surface area (Å²) in [5, 5.41) is 14.4. The van der Waals surface area contributed by atoms with Gasteiger partial charge in [-0.1, -0.05) is 0 Å². The third-order valence-corrected chi connectivity index (χ3v) is 2.46. The van der Waals surface area contributed by atoms with Crippen molar-refractivity contribution < 1.29 is 14.6 Å². The number of hydrazone groups is 1. The number of hydrogen-bond donors (Lipinski definition) is 1. The van der Waals surface area contributed by atoms with Crippen molar-refractivity contribution in [2.75, 3.05) is 6.61 Å². The molecular formula is C11H20N2O3. The van der Waals surface area contributed by atoms with Crippen LogP contribution in [0.4, 0.5) is 4.79 Å². The lowest BCUT2D eigenvalue weighted by molar-refractivity contribution is 0.0814. The molecule has 1 heterocycles. The summed E-state index contributed by atoms with van der Waals surface area (Å²) in [6.07, 6.45) is 0.595. The molecular weight excluding hydrogens is 208 g/mol. The molecule has 92 valence electrons. The fraction of sp³-hybridized carbons (Fsp3) is 0.818. The number of ether oxygens (including phenoxy) is 1. The first-order valence-corrected chi connectivity index (χ1v) is 5.54. The third kappa shape index (κ3) is 3.20. The molecule has 0 aromatic heterocycles. The zero-order chi connectivity index (χ0) is 12.3. The molecule has 1 aliphatic heterocycles. The molecule has 1 unspecified atom stereocenters. The molecule has 0 bridgehead atoms. The number of carbonyl (C=O) groups is 1. The Labute approximate surface area is 96.1 Å². The maximum absolute atomic E-state index is 11.1. The molecule has 0 aliphatic carbocycles. The second-order valence-corrected chi connectivity index (χ2v) is 4.97. The molecule has 1 amide bonds. The van der Waals surface area contributed by atoms with Crippen molar-refractivity contribution in [3.05, 3.63) is 0 Å². The second kappa shape index (κ2) is 4.82. The van der Waals surface area contributed by atoms with Gasteiger partial charge in [-0.3, -0.25) is 0 Å². The highest BCUT2D eigenvalue weighted by molar-refractivity contribution is 5.89. The van der Waals surface area contributed by atoms with Gasteiger partial charge in [-0.05, 0) is 40.5 Å². The van der Waals surface area contributed by atoms with Crippen LogP contribution in [-0.4, -0.2) is 40.2 Å². The van der Waals surface area contributed by atoms with Crippen molar-refractivity contribution in [1.29, 1.82) is 0 Å². The van der Waals surface area contributed by atoms with E-state index in [1.54, 1.807) is 0 Å². The molecule has 5 nitrogen and oxygen atoms in total. The fourth-order valence-electron chi connectivity index (χ4n) is 1.55. The summed E-state index contributed by atoms with van der Waals surface area (Å²) in [6.45, 7) is 8.09. The molecule has 1 saturated heterocycles. The Morgan fingerprint density at radius 2 is 2.19 bits per heavy atom. The third-order valence-electron chi connectivity index (χ3n) is 2.46. The minimum atomic E-state index is -1.03. The summed E-state index contributed by atoms with van der Waals surface area (Å²) >= 11 is 0. The van der Waals surface area contributed by atoms with E-state index >= 15 is 0 Å². The van der Waals surface area contributed by atoms with Gasteiger partial charge in [-0.15, -0.1) is 0 Å². The van der Waals surface area contributed by atoms with Crippen molar-refractivity contribution in [2.24, 2.45) is 5.10 Å². The number of rotatable bonds is 1. The summed E-state index contributed by atoms with van der Waals surface area (Å²) in [6, 6.07) is 0. The molecule has 1 atom stereocenters. The molecule has 0 saturated carbocycles. The van der Waals surface area contributed by atoms with Gasteiger partial charge in [0.25, 0.3) is 0 Å². The molecule has 0 aromatic rings. The summed E-state index contributed by atoms with van der Waals surface area (Å²) in [5.41, 5.74) is 0.277. The number of amides is 1. The largest absolute Gasteiger partial charge is 0.464 e. The lowest BCUT2D eigenvalue weighted by Gasteiger charge is -2.31. The van der Waals surface area contributed by atoms with E-state index in [9.17, 15) is 4.79 Å². The molecule has 0 aromatic carbocycles. The normalized spacial score (nSPS) is 24.5. The molecule has 0 radical (unpaired) electrons. The summed E-state index contributed by atoms with van der Waals surface area (Å²) in [7, 11) is 0. The van der Waals surface area contributed by atoms with Gasteiger partial charge in [0.05, 0.1) is 17.4 Å². The zero-order valence-corrected chi connectivity index (χ0v) is 10.4. The quantitative estimate of drug-likeness (QED) is 0.700. The van der Waals surface area contributed by atoms with Crippen LogP contribution in [0.1, 0.15) is 40.5 Å². The molecule has 1 aliphatic rings. The van der Waals surface area contributed by atoms with Gasteiger partial charge in [0.1, 0.15) is 0 Å². The van der Waals surface area contributed by atoms with Crippen LogP contribution in [0.3, 0.4) is 0 Å². The standard InChI is InChI=1S/C11H20N2O3/c1-8-9(6-5-7-16-8)12-13(10(14)15)11(2,3)4/h8H,5-7H2,1-4H3,(H,14,15). The molecule has 1 N–H and O–H groups in total. The van der Waals surface area contributed by atoms with Crippen LogP contribution in [0.5, 0.6) is 0 Å². The molecule has 16 heavy (non-hydrogen) atoms. The summed E-state index contributed by atoms with van der Waals surface area (Å²) in [5.74, 6) is 0. The number of nitrogens with zero attached hydrogens (tertiary/aromatic N) is 2. The highest BCUT2D eigenvalue weighted by Gasteiger charge is 2.28. The monoisotopic (exact) mass is 228 g/mol. The van der Waals surface area contributed by atoms with Gasteiger partial charge in [0, 0.05) is 6.61 Å². The van der Waals surface area contributed by atoms with Crippen LogP contribution in [0.2, 0.25) is 0 Å². The van der Waals surface area contributed by atoms with Crippen molar-refractivity contribution >= 4 is 11.8 Å². The van der Waals surface area contributed by atoms with E-state index in [0.717, 1.165) is 30.2 Å². The zero-order valence-electron chi connectivity index (χ0n) is 10.4. The van der Waals surface area contributed by atoms with Crippen molar-refractivity contribution in [2.45, 2.75) is 52.2 Å². The lowest BCUT2D eigenvalue weighted by atomic mass is 10.1. The minimum Gasteiger partial charge on any atom is -0.464 e. The van der Waals surface area contributed by atoms with Crippen LogP contribution >= 0.6 is 0 Å². The second-order valence-electron chi connectivity index (χ2n) is 4.97. The van der Waals surface area contributed by atoms with Gasteiger partial charge in [0.15, 0.2) is 0 Å². The highest BCUT2D eigenvalue weighted by atomic mass is 16.5. The highest BCUT2D eigenvalue weighted by Crippen LogP contribution is 2.17. The maximum atomic E-state index is 11.1. The summed E-state index contributed by atoms with van der Waals surface area (Å²) < 4.78 is 5.43. The Morgan fingerprint density at radius 3 is 2.62 bits per heavy atom. The van der Waals surface area contributed by atoms with Gasteiger partial charge in [-0.2, -0.15) is 10.1 Å². The van der Waals surface area contributed by atoms with Crippen molar-refractivity contribution in [3.63, 3.8) is 0 Å². The van der Waals surface area contributed by atoms with Crippen molar-refractivity contribution in [3.8, 4) is 0 Å². The minimum absolute atomic E-state index is 0.0852. The topological polar surface area (TPSA) is 62.1 Å². The Balaban J connectivity index is 2.88. The fourth-order valence-corrected chi connectivity index (χ4v) is 1.55. The average molecular weight is 228 g/mol. The lowest BCUT2D eigenvalue weighted by Crippen LogP contribution is -2.43. The van der Waals surface area contributed by atoms with Gasteiger partial charge in [0.2, 0.25) is 0 Å². The van der Waals surface area contributed by atoms with Crippen LogP contribution in [0.25, 0.3) is 0 Å². The maximum Gasteiger partial charge on any atom is 0.428 e. The number of carboxylic acid groups (broad SMARTS) is 1. The SMILES string of the molecule is CC1OCCCC1=NN(C(=O)O)C(C)(C)C. The van der Waals surface area contributed by atoms with E-state index < -0.39 is 11.6 Å². The average Bonchev–Trinajstić information content (AvgIpc) is 2.14. The molecule has 5 heteroatoms. The van der Waals surface area contributed by atoms with Crippen LogP contribution < -0.4 is 0 Å². The van der Waals surface area contributed by atoms with Gasteiger partial charge >= 0.3 is 6.09 Å². The predicted octanol–water partition coefficient (Wildman–Crippen LogP) is 2.32. The summed E-state index contributed by atoms with van der Waals surface area (Å²) in [4.78, 5) is 11.1. The van der Waals surface area contributed by atoms with Gasteiger partial charge < -0.3 is 9.84 Å². The van der Waals surface area contributed by atoms with E-state index in [2.05, 4.69) is 5.10 Å². The van der Waals surface area contributed by atoms with Gasteiger partial charge in [-0.25, -0.2) is 4.79 Å². The first-order chi connectivity index (χ1) is 7.32. The Kier molecular flexibility index (Phi) is 3.91. The predicted molar refractivity (Wildman–Crippen MR) is 61.7 cm³/mol. The Morgan fingerprint density at radius 1 is 1.56 bits per heavy atom. The molecule has 0 spiro atoms. The van der Waals surface area contributed by atoms with Crippen LogP contribution in [-0.2, 0) is 4.74 Å². The Hall–Kier alpha value is -1.10. The molecule has 1 rings (SSSR count). The first-order valence-electron chi connectivity index (χ1n) is 5.54. The van der Waals surface area contributed by atoms with E-state index in [1.807, 2.05) is 27.7 Å². The van der Waals surface area contributed by atoms with Crippen LogP contribution in [0, 0.1) is 0 Å². The van der Waals surface area contributed by atoms with E-state index in [0.29, 0.717) is 0 Å². The van der Waals surface area contributed by atoms with E-state index in [-0.39, 0.29) is 6.10 Å². The van der Waals surface area contributed by atoms with E-state index in [4.69, 9.17) is 9.84 Å². The van der Waals surface area contributed by atoms with Crippen molar-refractivity contribution in [1.82, 2.24) is 5.01 Å². The van der Waals surface area contributed by atoms with Crippen LogP contribution in [0.15, 0.2) is 5.10 Å².